The zero-order chi connectivity index (χ0) is 15.1. The number of hydrogen-bond acceptors (Lipinski definition) is 4. The van der Waals surface area contributed by atoms with Gasteiger partial charge in [0.05, 0.1) is 18.6 Å². The van der Waals surface area contributed by atoms with Gasteiger partial charge in [0, 0.05) is 0 Å². The highest BCUT2D eigenvalue weighted by atomic mass is 32.2. The Kier molecular flexibility index (Phi) is 5.09. The van der Waals surface area contributed by atoms with E-state index >= 15 is 0 Å². The fourth-order valence-corrected chi connectivity index (χ4v) is 2.91. The van der Waals surface area contributed by atoms with Crippen LogP contribution in [0.25, 0.3) is 0 Å². The Morgan fingerprint density at radius 1 is 1.00 bits per heavy atom. The molecule has 0 N–H and O–H groups in total. The highest BCUT2D eigenvalue weighted by Crippen LogP contribution is 2.17. The molecule has 5 heteroatoms. The van der Waals surface area contributed by atoms with E-state index < -0.39 is 16.0 Å². The average Bonchev–Trinajstić information content (AvgIpc) is 2.49. The Hall–Kier alpha value is -2.16. The Labute approximate surface area is 124 Å². The van der Waals surface area contributed by atoms with Gasteiger partial charge in [0.1, 0.15) is 5.75 Å². The van der Waals surface area contributed by atoms with Crippen molar-refractivity contribution in [1.29, 1.82) is 5.26 Å². The van der Waals surface area contributed by atoms with Crippen LogP contribution in [0.4, 0.5) is 0 Å². The topological polar surface area (TPSA) is 67.2 Å². The maximum atomic E-state index is 11.9. The SMILES string of the molecule is N#CC(COS(=O)(=O)Cc1ccccc1)c1ccccc1. The lowest BCUT2D eigenvalue weighted by atomic mass is 10.0. The summed E-state index contributed by atoms with van der Waals surface area (Å²) < 4.78 is 28.8. The van der Waals surface area contributed by atoms with E-state index in [1.165, 1.54) is 0 Å². The van der Waals surface area contributed by atoms with Gasteiger partial charge in [-0.15, -0.1) is 0 Å². The molecule has 2 rings (SSSR count). The molecule has 2 aromatic rings. The third-order valence-corrected chi connectivity index (χ3v) is 4.14. The van der Waals surface area contributed by atoms with Crippen molar-refractivity contribution in [3.8, 4) is 6.07 Å². The Morgan fingerprint density at radius 3 is 2.14 bits per heavy atom. The minimum absolute atomic E-state index is 0.171. The third-order valence-electron chi connectivity index (χ3n) is 2.96. The molecule has 0 saturated heterocycles. The fourth-order valence-electron chi connectivity index (χ4n) is 1.89. The van der Waals surface area contributed by atoms with Gasteiger partial charge < -0.3 is 0 Å². The summed E-state index contributed by atoms with van der Waals surface area (Å²) in [6.07, 6.45) is 0. The molecule has 4 nitrogen and oxygen atoms in total. The average molecular weight is 301 g/mol. The normalized spacial score (nSPS) is 12.5. The summed E-state index contributed by atoms with van der Waals surface area (Å²) in [7, 11) is -3.70. The molecule has 1 unspecified atom stereocenters. The van der Waals surface area contributed by atoms with Crippen LogP contribution in [0, 0.1) is 11.3 Å². The second-order valence-electron chi connectivity index (χ2n) is 4.56. The largest absolute Gasteiger partial charge is 0.271 e. The lowest BCUT2D eigenvalue weighted by molar-refractivity contribution is 0.309. The van der Waals surface area contributed by atoms with E-state index in [-0.39, 0.29) is 12.4 Å². The molecule has 0 bridgehead atoms. The summed E-state index contributed by atoms with van der Waals surface area (Å²) >= 11 is 0. The molecule has 108 valence electrons. The van der Waals surface area contributed by atoms with Gasteiger partial charge in [-0.1, -0.05) is 60.7 Å². The molecule has 0 aliphatic rings. The minimum atomic E-state index is -3.70. The predicted molar refractivity (Wildman–Crippen MR) is 79.8 cm³/mol. The maximum Gasteiger partial charge on any atom is 0.271 e. The highest BCUT2D eigenvalue weighted by Gasteiger charge is 2.17. The number of nitrogens with zero attached hydrogens (tertiary/aromatic N) is 1. The molecular formula is C16H15NO3S. The summed E-state index contributed by atoms with van der Waals surface area (Å²) in [5.74, 6) is -0.794. The van der Waals surface area contributed by atoms with E-state index in [2.05, 4.69) is 6.07 Å². The molecule has 21 heavy (non-hydrogen) atoms. The number of hydrogen-bond donors (Lipinski definition) is 0. The first kappa shape index (κ1) is 15.2. The summed E-state index contributed by atoms with van der Waals surface area (Å²) in [6.45, 7) is -0.171. The molecule has 0 fully saturated rings. The van der Waals surface area contributed by atoms with E-state index in [1.807, 2.05) is 12.1 Å². The van der Waals surface area contributed by atoms with Crippen molar-refractivity contribution in [2.24, 2.45) is 0 Å². The lowest BCUT2D eigenvalue weighted by Crippen LogP contribution is -2.14. The van der Waals surface area contributed by atoms with Gasteiger partial charge in [0.2, 0.25) is 0 Å². The molecule has 0 aromatic heterocycles. The second-order valence-corrected chi connectivity index (χ2v) is 6.20. The molecule has 0 heterocycles. The first-order valence-corrected chi connectivity index (χ1v) is 8.04. The molecule has 0 radical (unpaired) electrons. The van der Waals surface area contributed by atoms with Crippen LogP contribution >= 0.6 is 0 Å². The van der Waals surface area contributed by atoms with Crippen LogP contribution in [-0.2, 0) is 20.1 Å². The van der Waals surface area contributed by atoms with Crippen molar-refractivity contribution in [1.82, 2.24) is 0 Å². The zero-order valence-electron chi connectivity index (χ0n) is 11.3. The van der Waals surface area contributed by atoms with Crippen molar-refractivity contribution < 1.29 is 12.6 Å². The van der Waals surface area contributed by atoms with Gasteiger partial charge >= 0.3 is 0 Å². The molecular weight excluding hydrogens is 286 g/mol. The Balaban J connectivity index is 1.99. The maximum absolute atomic E-state index is 11.9. The number of rotatable bonds is 6. The Bertz CT molecular complexity index is 706. The van der Waals surface area contributed by atoms with E-state index in [1.54, 1.807) is 48.5 Å². The van der Waals surface area contributed by atoms with Crippen molar-refractivity contribution in [2.75, 3.05) is 6.61 Å². The lowest BCUT2D eigenvalue weighted by Gasteiger charge is -2.10. The van der Waals surface area contributed by atoms with E-state index in [0.29, 0.717) is 5.56 Å². The molecule has 2 aromatic carbocycles. The zero-order valence-corrected chi connectivity index (χ0v) is 12.2. The molecule has 0 saturated carbocycles. The third kappa shape index (κ3) is 4.71. The van der Waals surface area contributed by atoms with Crippen LogP contribution in [-0.4, -0.2) is 15.0 Å². The smallest absolute Gasteiger partial charge is 0.268 e. The minimum Gasteiger partial charge on any atom is -0.268 e. The molecule has 0 spiro atoms. The van der Waals surface area contributed by atoms with Crippen LogP contribution in [0.3, 0.4) is 0 Å². The van der Waals surface area contributed by atoms with Crippen LogP contribution in [0.15, 0.2) is 60.7 Å². The van der Waals surface area contributed by atoms with Gasteiger partial charge in [-0.05, 0) is 11.1 Å². The van der Waals surface area contributed by atoms with Gasteiger partial charge in [0.15, 0.2) is 0 Å². The molecule has 0 aliphatic carbocycles. The van der Waals surface area contributed by atoms with Crippen LogP contribution in [0.2, 0.25) is 0 Å². The van der Waals surface area contributed by atoms with E-state index in [9.17, 15) is 8.42 Å². The van der Waals surface area contributed by atoms with Crippen molar-refractivity contribution in [3.63, 3.8) is 0 Å². The summed E-state index contributed by atoms with van der Waals surface area (Å²) in [5, 5.41) is 9.14. The fraction of sp³-hybridized carbons (Fsp3) is 0.188. The van der Waals surface area contributed by atoms with Crippen LogP contribution in [0.1, 0.15) is 17.0 Å². The van der Waals surface area contributed by atoms with Crippen molar-refractivity contribution in [3.05, 3.63) is 71.8 Å². The second kappa shape index (κ2) is 7.02. The molecule has 0 aliphatic heterocycles. The van der Waals surface area contributed by atoms with Gasteiger partial charge in [0.25, 0.3) is 10.1 Å². The number of nitriles is 1. The summed E-state index contributed by atoms with van der Waals surface area (Å²) in [5.41, 5.74) is 1.40. The Morgan fingerprint density at radius 2 is 1.57 bits per heavy atom. The van der Waals surface area contributed by atoms with Gasteiger partial charge in [-0.3, -0.25) is 4.18 Å². The van der Waals surface area contributed by atoms with E-state index in [0.717, 1.165) is 5.56 Å². The summed E-state index contributed by atoms with van der Waals surface area (Å²) in [6, 6.07) is 19.9. The van der Waals surface area contributed by atoms with Gasteiger partial charge in [-0.25, -0.2) is 0 Å². The van der Waals surface area contributed by atoms with Crippen molar-refractivity contribution in [2.45, 2.75) is 11.7 Å². The number of benzene rings is 2. The predicted octanol–water partition coefficient (Wildman–Crippen LogP) is 2.84. The summed E-state index contributed by atoms with van der Waals surface area (Å²) in [4.78, 5) is 0. The monoisotopic (exact) mass is 301 g/mol. The van der Waals surface area contributed by atoms with Crippen LogP contribution in [0.5, 0.6) is 0 Å². The van der Waals surface area contributed by atoms with E-state index in [4.69, 9.17) is 9.44 Å². The first-order valence-electron chi connectivity index (χ1n) is 6.46. The molecule has 1 atom stereocenters. The van der Waals surface area contributed by atoms with Crippen molar-refractivity contribution >= 4 is 10.1 Å². The highest BCUT2D eigenvalue weighted by molar-refractivity contribution is 7.85. The van der Waals surface area contributed by atoms with Crippen LogP contribution < -0.4 is 0 Å². The first-order chi connectivity index (χ1) is 10.1. The molecule has 0 amide bonds. The quantitative estimate of drug-likeness (QED) is 0.769. The van der Waals surface area contributed by atoms with Gasteiger partial charge in [-0.2, -0.15) is 13.7 Å². The standard InChI is InChI=1S/C16H15NO3S/c17-11-16(15-9-5-2-6-10-15)12-20-21(18,19)13-14-7-3-1-4-8-14/h1-10,16H,12-13H2.